The SMILES string of the molecule is CCOC(=O)N1CC[N+](C)(Cc2ccsc2)CC1.[Br-]. The number of carbonyl (C=O) groups excluding carboxylic acids is 1. The van der Waals surface area contributed by atoms with Crippen LogP contribution < -0.4 is 17.0 Å². The van der Waals surface area contributed by atoms with Crippen LogP contribution in [0.15, 0.2) is 16.8 Å². The topological polar surface area (TPSA) is 29.5 Å². The summed E-state index contributed by atoms with van der Waals surface area (Å²) in [7, 11) is 2.26. The number of halogens is 1. The molecule has 1 amide bonds. The molecule has 0 spiro atoms. The first-order valence-corrected chi connectivity index (χ1v) is 7.33. The van der Waals surface area contributed by atoms with E-state index in [2.05, 4.69) is 23.9 Å². The van der Waals surface area contributed by atoms with Crippen molar-refractivity contribution >= 4 is 17.4 Å². The van der Waals surface area contributed by atoms with E-state index in [1.54, 1.807) is 11.3 Å². The van der Waals surface area contributed by atoms with Crippen LogP contribution in [0.4, 0.5) is 4.79 Å². The standard InChI is InChI=1S/C13H21N2O2S.BrH/c1-3-17-13(16)14-5-7-15(2,8-6-14)10-12-4-9-18-11-12;/h4,9,11H,3,5-8,10H2,1-2H3;1H/q+1;/p-1. The summed E-state index contributed by atoms with van der Waals surface area (Å²) in [5.74, 6) is 0. The van der Waals surface area contributed by atoms with Crippen molar-refractivity contribution < 1.29 is 31.0 Å². The quantitative estimate of drug-likeness (QED) is 0.667. The molecule has 1 aliphatic rings. The Morgan fingerprint density at radius 1 is 1.47 bits per heavy atom. The monoisotopic (exact) mass is 348 g/mol. The number of quaternary nitrogens is 1. The number of nitrogens with zero attached hydrogens (tertiary/aromatic N) is 2. The fourth-order valence-corrected chi connectivity index (χ4v) is 2.99. The van der Waals surface area contributed by atoms with E-state index in [1.807, 2.05) is 11.8 Å². The lowest BCUT2D eigenvalue weighted by molar-refractivity contribution is -0.926. The fourth-order valence-electron chi connectivity index (χ4n) is 2.33. The molecule has 2 rings (SSSR count). The van der Waals surface area contributed by atoms with Crippen LogP contribution in [0.1, 0.15) is 12.5 Å². The van der Waals surface area contributed by atoms with Crippen LogP contribution in [0.5, 0.6) is 0 Å². The largest absolute Gasteiger partial charge is 1.00 e. The lowest BCUT2D eigenvalue weighted by Crippen LogP contribution is -3.00. The molecule has 108 valence electrons. The summed E-state index contributed by atoms with van der Waals surface area (Å²) in [6.07, 6.45) is -0.167. The fraction of sp³-hybridized carbons (Fsp3) is 0.615. The van der Waals surface area contributed by atoms with Crippen molar-refractivity contribution in [2.45, 2.75) is 13.5 Å². The Labute approximate surface area is 129 Å². The van der Waals surface area contributed by atoms with Gasteiger partial charge in [-0.2, -0.15) is 11.3 Å². The first kappa shape index (κ1) is 16.5. The Kier molecular flexibility index (Phi) is 6.29. The van der Waals surface area contributed by atoms with Crippen LogP contribution in [0, 0.1) is 0 Å². The van der Waals surface area contributed by atoms with Crippen LogP contribution >= 0.6 is 11.3 Å². The highest BCUT2D eigenvalue weighted by molar-refractivity contribution is 7.07. The van der Waals surface area contributed by atoms with Gasteiger partial charge in [0.05, 0.1) is 39.8 Å². The van der Waals surface area contributed by atoms with Crippen LogP contribution in [-0.2, 0) is 11.3 Å². The van der Waals surface area contributed by atoms with E-state index in [9.17, 15) is 4.79 Å². The van der Waals surface area contributed by atoms with Gasteiger partial charge in [0.2, 0.25) is 0 Å². The molecule has 19 heavy (non-hydrogen) atoms. The molecular weight excluding hydrogens is 328 g/mol. The van der Waals surface area contributed by atoms with Gasteiger partial charge in [0, 0.05) is 5.56 Å². The minimum Gasteiger partial charge on any atom is -1.00 e. The number of hydrogen-bond acceptors (Lipinski definition) is 3. The maximum Gasteiger partial charge on any atom is 0.410 e. The summed E-state index contributed by atoms with van der Waals surface area (Å²) in [6.45, 7) is 6.93. The number of piperazine rings is 1. The van der Waals surface area contributed by atoms with Crippen molar-refractivity contribution in [3.05, 3.63) is 22.4 Å². The lowest BCUT2D eigenvalue weighted by Gasteiger charge is -2.41. The predicted octanol–water partition coefficient (Wildman–Crippen LogP) is -0.829. The molecule has 0 N–H and O–H groups in total. The molecule has 1 saturated heterocycles. The molecule has 2 heterocycles. The van der Waals surface area contributed by atoms with E-state index in [0.717, 1.165) is 37.2 Å². The minimum atomic E-state index is -0.167. The van der Waals surface area contributed by atoms with Gasteiger partial charge in [-0.25, -0.2) is 4.79 Å². The average molecular weight is 349 g/mol. The lowest BCUT2D eigenvalue weighted by atomic mass is 10.2. The Hall–Kier alpha value is -0.590. The highest BCUT2D eigenvalue weighted by Gasteiger charge is 2.31. The Morgan fingerprint density at radius 3 is 2.68 bits per heavy atom. The van der Waals surface area contributed by atoms with Gasteiger partial charge in [0.15, 0.2) is 0 Å². The molecule has 4 nitrogen and oxygen atoms in total. The smallest absolute Gasteiger partial charge is 0.410 e. The third-order valence-electron chi connectivity index (χ3n) is 3.49. The normalized spacial score (nSPS) is 17.7. The van der Waals surface area contributed by atoms with Crippen LogP contribution in [0.25, 0.3) is 0 Å². The maximum absolute atomic E-state index is 11.6. The molecule has 0 saturated carbocycles. The van der Waals surface area contributed by atoms with Crippen molar-refractivity contribution in [3.8, 4) is 0 Å². The number of thiophene rings is 1. The summed E-state index contributed by atoms with van der Waals surface area (Å²) in [6, 6.07) is 2.19. The third-order valence-corrected chi connectivity index (χ3v) is 4.22. The second kappa shape index (κ2) is 7.26. The average Bonchev–Trinajstić information content (AvgIpc) is 2.82. The van der Waals surface area contributed by atoms with Crippen LogP contribution in [-0.4, -0.2) is 55.3 Å². The summed E-state index contributed by atoms with van der Waals surface area (Å²) >= 11 is 1.74. The number of likely N-dealkylation sites (N-methyl/N-ethyl adjacent to an activating group) is 1. The Balaban J connectivity index is 0.00000180. The number of ether oxygens (including phenoxy) is 1. The molecular formula is C13H21BrN2O2S. The Morgan fingerprint density at radius 2 is 2.16 bits per heavy atom. The van der Waals surface area contributed by atoms with Crippen LogP contribution in [0.3, 0.4) is 0 Å². The second-order valence-corrected chi connectivity index (χ2v) is 5.82. The highest BCUT2D eigenvalue weighted by Crippen LogP contribution is 2.18. The zero-order valence-corrected chi connectivity index (χ0v) is 13.9. The number of carbonyl (C=O) groups is 1. The number of amides is 1. The van der Waals surface area contributed by atoms with Gasteiger partial charge in [0.1, 0.15) is 6.54 Å². The van der Waals surface area contributed by atoms with Crippen molar-refractivity contribution in [1.29, 1.82) is 0 Å². The molecule has 0 unspecified atom stereocenters. The third kappa shape index (κ3) is 4.47. The van der Waals surface area contributed by atoms with Gasteiger partial charge in [-0.3, -0.25) is 4.90 Å². The van der Waals surface area contributed by atoms with E-state index in [0.29, 0.717) is 6.61 Å². The Bertz CT molecular complexity index is 389. The van der Waals surface area contributed by atoms with E-state index >= 15 is 0 Å². The molecule has 1 aromatic rings. The van der Waals surface area contributed by atoms with Gasteiger partial charge in [-0.15, -0.1) is 0 Å². The second-order valence-electron chi connectivity index (χ2n) is 5.04. The van der Waals surface area contributed by atoms with Crippen LogP contribution in [0.2, 0.25) is 0 Å². The van der Waals surface area contributed by atoms with Crippen molar-refractivity contribution in [2.24, 2.45) is 0 Å². The zero-order valence-electron chi connectivity index (χ0n) is 11.5. The van der Waals surface area contributed by atoms with Crippen molar-refractivity contribution in [3.63, 3.8) is 0 Å². The summed E-state index contributed by atoms with van der Waals surface area (Å²) in [4.78, 5) is 13.4. The molecule has 1 aliphatic heterocycles. The molecule has 0 bridgehead atoms. The maximum atomic E-state index is 11.6. The molecule has 1 fully saturated rings. The number of hydrogen-bond donors (Lipinski definition) is 0. The molecule has 0 atom stereocenters. The summed E-state index contributed by atoms with van der Waals surface area (Å²) in [5.41, 5.74) is 1.40. The molecule has 0 aromatic carbocycles. The minimum absolute atomic E-state index is 0. The van der Waals surface area contributed by atoms with Crippen molar-refractivity contribution in [2.75, 3.05) is 39.8 Å². The van der Waals surface area contributed by atoms with E-state index < -0.39 is 0 Å². The first-order valence-electron chi connectivity index (χ1n) is 6.39. The van der Waals surface area contributed by atoms with Gasteiger partial charge >= 0.3 is 6.09 Å². The van der Waals surface area contributed by atoms with Gasteiger partial charge < -0.3 is 26.2 Å². The van der Waals surface area contributed by atoms with Gasteiger partial charge in [-0.05, 0) is 23.8 Å². The summed E-state index contributed by atoms with van der Waals surface area (Å²) < 4.78 is 6.04. The van der Waals surface area contributed by atoms with Gasteiger partial charge in [0.25, 0.3) is 0 Å². The van der Waals surface area contributed by atoms with E-state index in [4.69, 9.17) is 4.74 Å². The van der Waals surface area contributed by atoms with Crippen molar-refractivity contribution in [1.82, 2.24) is 4.90 Å². The van der Waals surface area contributed by atoms with E-state index in [1.165, 1.54) is 5.56 Å². The van der Waals surface area contributed by atoms with Gasteiger partial charge in [-0.1, -0.05) is 0 Å². The first-order chi connectivity index (χ1) is 8.63. The molecule has 6 heteroatoms. The molecule has 0 radical (unpaired) electrons. The summed E-state index contributed by atoms with van der Waals surface area (Å²) in [5, 5.41) is 4.33. The number of rotatable bonds is 3. The highest BCUT2D eigenvalue weighted by atomic mass is 79.9. The molecule has 1 aromatic heterocycles. The predicted molar refractivity (Wildman–Crippen MR) is 72.5 cm³/mol. The van der Waals surface area contributed by atoms with E-state index in [-0.39, 0.29) is 23.1 Å². The molecule has 0 aliphatic carbocycles. The zero-order chi connectivity index (χ0) is 13.0.